The summed E-state index contributed by atoms with van der Waals surface area (Å²) >= 11 is 0. The number of esters is 1. The number of nitrogens with one attached hydrogen (secondary N) is 2. The molecule has 0 aliphatic rings. The summed E-state index contributed by atoms with van der Waals surface area (Å²) in [5, 5.41) is 5.16. The van der Waals surface area contributed by atoms with Crippen molar-refractivity contribution in [3.05, 3.63) is 29.3 Å². The van der Waals surface area contributed by atoms with E-state index in [1.54, 1.807) is 32.0 Å². The summed E-state index contributed by atoms with van der Waals surface area (Å²) in [6.45, 7) is 4.63. The van der Waals surface area contributed by atoms with Gasteiger partial charge < -0.3 is 15.4 Å². The normalized spacial score (nSPS) is 11.4. The maximum Gasteiger partial charge on any atom is 0.338 e. The van der Waals surface area contributed by atoms with Crippen LogP contribution in [0, 0.1) is 6.92 Å². The van der Waals surface area contributed by atoms with Crippen LogP contribution in [0.3, 0.4) is 0 Å². The summed E-state index contributed by atoms with van der Waals surface area (Å²) in [5.41, 5.74) is 1.51. The van der Waals surface area contributed by atoms with Gasteiger partial charge in [-0.25, -0.2) is 4.79 Å². The Morgan fingerprint density at radius 3 is 2.45 bits per heavy atom. The Kier molecular flexibility index (Phi) is 5.25. The Morgan fingerprint density at radius 1 is 1.25 bits per heavy atom. The maximum absolute atomic E-state index is 11.9. The van der Waals surface area contributed by atoms with Gasteiger partial charge in [0, 0.05) is 12.6 Å². The number of carbonyl (C=O) groups excluding carboxylic acids is 3. The lowest BCUT2D eigenvalue weighted by Gasteiger charge is -2.15. The van der Waals surface area contributed by atoms with E-state index in [2.05, 4.69) is 15.4 Å². The highest BCUT2D eigenvalue weighted by Crippen LogP contribution is 2.19. The van der Waals surface area contributed by atoms with Crippen LogP contribution in [0.2, 0.25) is 0 Å². The molecule has 0 spiro atoms. The van der Waals surface area contributed by atoms with Crippen molar-refractivity contribution in [3.8, 4) is 0 Å². The molecule has 0 saturated carbocycles. The highest BCUT2D eigenvalue weighted by molar-refractivity contribution is 5.99. The van der Waals surface area contributed by atoms with Gasteiger partial charge in [0.2, 0.25) is 11.8 Å². The van der Waals surface area contributed by atoms with Crippen molar-refractivity contribution in [2.24, 2.45) is 0 Å². The van der Waals surface area contributed by atoms with Gasteiger partial charge in [0.25, 0.3) is 0 Å². The molecule has 0 aliphatic heterocycles. The van der Waals surface area contributed by atoms with Crippen molar-refractivity contribution in [2.45, 2.75) is 26.8 Å². The Bertz CT molecular complexity index is 540. The minimum Gasteiger partial charge on any atom is -0.465 e. The Hall–Kier alpha value is -2.37. The van der Waals surface area contributed by atoms with Crippen LogP contribution in [-0.2, 0) is 14.3 Å². The van der Waals surface area contributed by atoms with E-state index in [-0.39, 0.29) is 11.8 Å². The molecular weight excluding hydrogens is 260 g/mol. The van der Waals surface area contributed by atoms with E-state index in [0.29, 0.717) is 16.8 Å². The minimum atomic E-state index is -0.659. The van der Waals surface area contributed by atoms with E-state index >= 15 is 0 Å². The van der Waals surface area contributed by atoms with E-state index < -0.39 is 12.0 Å². The van der Waals surface area contributed by atoms with Gasteiger partial charge in [-0.15, -0.1) is 0 Å². The molecule has 0 aliphatic carbocycles. The van der Waals surface area contributed by atoms with Crippen LogP contribution >= 0.6 is 0 Å². The van der Waals surface area contributed by atoms with Crippen molar-refractivity contribution in [2.75, 3.05) is 12.4 Å². The van der Waals surface area contributed by atoms with Crippen molar-refractivity contribution in [3.63, 3.8) is 0 Å². The fraction of sp³-hybridized carbons (Fsp3) is 0.357. The fourth-order valence-corrected chi connectivity index (χ4v) is 1.71. The second-order valence-corrected chi connectivity index (χ2v) is 4.38. The van der Waals surface area contributed by atoms with E-state index in [9.17, 15) is 14.4 Å². The lowest BCUT2D eigenvalue weighted by Crippen LogP contribution is -2.40. The number of amides is 2. The van der Waals surface area contributed by atoms with Gasteiger partial charge in [-0.05, 0) is 31.5 Å². The maximum atomic E-state index is 11.9. The van der Waals surface area contributed by atoms with Crippen LogP contribution in [-0.4, -0.2) is 30.9 Å². The average Bonchev–Trinajstić information content (AvgIpc) is 2.39. The zero-order chi connectivity index (χ0) is 15.3. The second-order valence-electron chi connectivity index (χ2n) is 4.38. The molecule has 1 aromatic carbocycles. The minimum absolute atomic E-state index is 0.285. The highest BCUT2D eigenvalue weighted by Gasteiger charge is 2.17. The lowest BCUT2D eigenvalue weighted by atomic mass is 10.1. The Morgan fingerprint density at radius 2 is 1.90 bits per heavy atom. The first-order chi connectivity index (χ1) is 9.36. The van der Waals surface area contributed by atoms with Crippen LogP contribution in [0.1, 0.15) is 29.8 Å². The predicted octanol–water partition coefficient (Wildman–Crippen LogP) is 1.24. The van der Waals surface area contributed by atoms with Crippen LogP contribution in [0.4, 0.5) is 5.69 Å². The van der Waals surface area contributed by atoms with Gasteiger partial charge in [0.15, 0.2) is 0 Å². The number of ether oxygens (including phenoxy) is 1. The van der Waals surface area contributed by atoms with Crippen LogP contribution in [0.5, 0.6) is 0 Å². The number of hydrogen-bond acceptors (Lipinski definition) is 4. The molecule has 0 bridgehead atoms. The summed E-state index contributed by atoms with van der Waals surface area (Å²) in [6, 6.07) is 4.29. The molecule has 20 heavy (non-hydrogen) atoms. The van der Waals surface area contributed by atoms with Crippen molar-refractivity contribution in [1.29, 1.82) is 0 Å². The van der Waals surface area contributed by atoms with Crippen molar-refractivity contribution in [1.82, 2.24) is 5.32 Å². The Labute approximate surface area is 117 Å². The lowest BCUT2D eigenvalue weighted by molar-refractivity contribution is -0.124. The molecule has 2 N–H and O–H groups in total. The molecule has 1 aromatic rings. The van der Waals surface area contributed by atoms with E-state index in [4.69, 9.17) is 0 Å². The fourth-order valence-electron chi connectivity index (χ4n) is 1.71. The first kappa shape index (κ1) is 15.7. The second kappa shape index (κ2) is 6.70. The number of anilines is 1. The Balaban J connectivity index is 2.90. The molecule has 2 amide bonds. The van der Waals surface area contributed by atoms with Gasteiger partial charge in [-0.1, -0.05) is 6.07 Å². The molecule has 108 valence electrons. The molecular formula is C14H18N2O4. The topological polar surface area (TPSA) is 84.5 Å². The number of hydrogen-bond donors (Lipinski definition) is 2. The number of rotatable bonds is 4. The number of carbonyl (C=O) groups is 3. The SMILES string of the molecule is COC(=O)c1cccc(NC(=O)C(C)NC(C)=O)c1C. The van der Waals surface area contributed by atoms with Crippen LogP contribution < -0.4 is 10.6 Å². The van der Waals surface area contributed by atoms with E-state index in [1.807, 2.05) is 0 Å². The standard InChI is InChI=1S/C14H18N2O4/c1-8-11(14(19)20-4)6-5-7-12(8)16-13(18)9(2)15-10(3)17/h5-7,9H,1-4H3,(H,15,17)(H,16,18). The van der Waals surface area contributed by atoms with E-state index in [1.165, 1.54) is 14.0 Å². The van der Waals surface area contributed by atoms with Crippen molar-refractivity contribution >= 4 is 23.5 Å². The predicted molar refractivity (Wildman–Crippen MR) is 74.4 cm³/mol. The van der Waals surface area contributed by atoms with Crippen LogP contribution in [0.25, 0.3) is 0 Å². The van der Waals surface area contributed by atoms with Gasteiger partial charge in [-0.2, -0.15) is 0 Å². The van der Waals surface area contributed by atoms with Crippen LogP contribution in [0.15, 0.2) is 18.2 Å². The van der Waals surface area contributed by atoms with Gasteiger partial charge in [0.1, 0.15) is 6.04 Å². The molecule has 0 saturated heterocycles. The summed E-state index contributed by atoms with van der Waals surface area (Å²) < 4.78 is 4.67. The third kappa shape index (κ3) is 3.81. The monoisotopic (exact) mass is 278 g/mol. The zero-order valence-corrected chi connectivity index (χ0v) is 11.9. The first-order valence-corrected chi connectivity index (χ1v) is 6.12. The summed E-state index contributed by atoms with van der Waals surface area (Å²) in [7, 11) is 1.30. The molecule has 0 aromatic heterocycles. The summed E-state index contributed by atoms with van der Waals surface area (Å²) in [4.78, 5) is 34.4. The molecule has 1 unspecified atom stereocenters. The molecule has 0 radical (unpaired) electrons. The van der Waals surface area contributed by atoms with E-state index in [0.717, 1.165) is 0 Å². The van der Waals surface area contributed by atoms with Gasteiger partial charge in [0.05, 0.1) is 12.7 Å². The third-order valence-corrected chi connectivity index (χ3v) is 2.81. The molecule has 0 fully saturated rings. The largest absolute Gasteiger partial charge is 0.465 e. The number of methoxy groups -OCH3 is 1. The van der Waals surface area contributed by atoms with Crippen molar-refractivity contribution < 1.29 is 19.1 Å². The quantitative estimate of drug-likeness (QED) is 0.812. The molecule has 1 atom stereocenters. The molecule has 0 heterocycles. The smallest absolute Gasteiger partial charge is 0.338 e. The molecule has 6 nitrogen and oxygen atoms in total. The van der Waals surface area contributed by atoms with Gasteiger partial charge in [-0.3, -0.25) is 9.59 Å². The first-order valence-electron chi connectivity index (χ1n) is 6.12. The molecule has 6 heteroatoms. The highest BCUT2D eigenvalue weighted by atomic mass is 16.5. The zero-order valence-electron chi connectivity index (χ0n) is 11.9. The third-order valence-electron chi connectivity index (χ3n) is 2.81. The number of benzene rings is 1. The average molecular weight is 278 g/mol. The summed E-state index contributed by atoms with van der Waals surface area (Å²) in [5.74, 6) is -1.11. The van der Waals surface area contributed by atoms with Gasteiger partial charge >= 0.3 is 5.97 Å². The molecule has 1 rings (SSSR count). The summed E-state index contributed by atoms with van der Waals surface area (Å²) in [6.07, 6.45) is 0.